The van der Waals surface area contributed by atoms with Crippen LogP contribution >= 0.6 is 22.9 Å². The molecule has 1 fully saturated rings. The Bertz CT molecular complexity index is 1180. The van der Waals surface area contributed by atoms with E-state index < -0.39 is 46.5 Å². The van der Waals surface area contributed by atoms with Crippen molar-refractivity contribution in [3.63, 3.8) is 0 Å². The smallest absolute Gasteiger partial charge is 0.323 e. The van der Waals surface area contributed by atoms with Gasteiger partial charge in [0.25, 0.3) is 11.8 Å². The lowest BCUT2D eigenvalue weighted by atomic mass is 10.1. The summed E-state index contributed by atoms with van der Waals surface area (Å²) in [5.41, 5.74) is 0.658. The molecule has 0 aliphatic carbocycles. The maximum absolute atomic E-state index is 13.1. The number of sulfonamides is 1. The molecule has 10 nitrogen and oxygen atoms in total. The lowest BCUT2D eigenvalue weighted by Gasteiger charge is -2.22. The van der Waals surface area contributed by atoms with Crippen LogP contribution in [0.5, 0.6) is 0 Å². The summed E-state index contributed by atoms with van der Waals surface area (Å²) in [6.07, 6.45) is -0.681. The van der Waals surface area contributed by atoms with Gasteiger partial charge in [0, 0.05) is 25.2 Å². The highest BCUT2D eigenvalue weighted by Crippen LogP contribution is 2.31. The molecule has 1 saturated heterocycles. The van der Waals surface area contributed by atoms with E-state index in [1.165, 1.54) is 29.2 Å². The zero-order valence-electron chi connectivity index (χ0n) is 17.4. The fourth-order valence-electron chi connectivity index (χ4n) is 3.47. The van der Waals surface area contributed by atoms with Crippen molar-refractivity contribution in [3.8, 4) is 0 Å². The maximum atomic E-state index is 13.1. The van der Waals surface area contributed by atoms with Crippen LogP contribution in [0.25, 0.3) is 0 Å². The molecule has 0 saturated carbocycles. The standard InChI is InChI=1S/C20H22ClN3O7S2/c1-2-11-13(24-9-8-14(25)19(24)27)4-3-5-16(11)33(30,31)23-12(20(28)29)10-22-18(26)15-6-7-17(21)32-15/h3-7,12,14,23,25H,2,8-10H2,1H3,(H,22,26)(H,28,29)/t12-,14-/m0/s1. The van der Waals surface area contributed by atoms with Gasteiger partial charge in [0.1, 0.15) is 12.1 Å². The normalized spacial score (nSPS) is 17.2. The number of hydrogen-bond donors (Lipinski definition) is 4. The molecule has 1 aliphatic rings. The monoisotopic (exact) mass is 515 g/mol. The Labute approximate surface area is 199 Å². The number of rotatable bonds is 9. The second-order valence-corrected chi connectivity index (χ2v) is 10.6. The predicted octanol–water partition coefficient (Wildman–Crippen LogP) is 1.22. The van der Waals surface area contributed by atoms with E-state index in [1.54, 1.807) is 13.0 Å². The first-order chi connectivity index (χ1) is 15.5. The van der Waals surface area contributed by atoms with E-state index in [9.17, 15) is 33.0 Å². The summed E-state index contributed by atoms with van der Waals surface area (Å²) >= 11 is 6.79. The third-order valence-corrected chi connectivity index (χ3v) is 7.86. The van der Waals surface area contributed by atoms with Crippen molar-refractivity contribution >= 4 is 56.4 Å². The van der Waals surface area contributed by atoms with Crippen molar-refractivity contribution in [1.82, 2.24) is 10.0 Å². The number of carbonyl (C=O) groups is 3. The number of carboxylic acid groups (broad SMARTS) is 1. The van der Waals surface area contributed by atoms with E-state index in [0.29, 0.717) is 15.6 Å². The minimum absolute atomic E-state index is 0.181. The van der Waals surface area contributed by atoms with Gasteiger partial charge in [0.05, 0.1) is 14.1 Å². The summed E-state index contributed by atoms with van der Waals surface area (Å²) in [4.78, 5) is 37.5. The van der Waals surface area contributed by atoms with Crippen LogP contribution in [0.2, 0.25) is 4.34 Å². The molecule has 0 unspecified atom stereocenters. The number of nitrogens with one attached hydrogen (secondary N) is 2. The Kier molecular flexibility index (Phi) is 7.75. The van der Waals surface area contributed by atoms with Gasteiger partial charge < -0.3 is 20.4 Å². The zero-order chi connectivity index (χ0) is 24.3. The maximum Gasteiger partial charge on any atom is 0.323 e. The van der Waals surface area contributed by atoms with E-state index in [0.717, 1.165) is 11.3 Å². The number of aliphatic hydroxyl groups is 1. The summed E-state index contributed by atoms with van der Waals surface area (Å²) in [7, 11) is -4.34. The van der Waals surface area contributed by atoms with E-state index in [4.69, 9.17) is 11.6 Å². The van der Waals surface area contributed by atoms with Crippen molar-refractivity contribution in [2.75, 3.05) is 18.0 Å². The molecular weight excluding hydrogens is 494 g/mol. The average Bonchev–Trinajstić information content (AvgIpc) is 3.35. The predicted molar refractivity (Wildman–Crippen MR) is 122 cm³/mol. The molecule has 4 N–H and O–H groups in total. The highest BCUT2D eigenvalue weighted by atomic mass is 35.5. The largest absolute Gasteiger partial charge is 0.480 e. The molecule has 2 atom stereocenters. The molecule has 178 valence electrons. The first kappa shape index (κ1) is 25.1. The highest BCUT2D eigenvalue weighted by Gasteiger charge is 2.34. The van der Waals surface area contributed by atoms with E-state index in [-0.39, 0.29) is 29.2 Å². The number of aliphatic carboxylic acids is 1. The van der Waals surface area contributed by atoms with Crippen LogP contribution in [0.3, 0.4) is 0 Å². The number of carboxylic acids is 1. The van der Waals surface area contributed by atoms with E-state index in [2.05, 4.69) is 10.0 Å². The Morgan fingerprint density at radius 3 is 2.58 bits per heavy atom. The van der Waals surface area contributed by atoms with E-state index in [1.807, 2.05) is 0 Å². The molecule has 1 aliphatic heterocycles. The number of hydrogen-bond acceptors (Lipinski definition) is 7. The van der Waals surface area contributed by atoms with Gasteiger partial charge in [-0.15, -0.1) is 11.3 Å². The first-order valence-electron chi connectivity index (χ1n) is 9.95. The summed E-state index contributed by atoms with van der Waals surface area (Å²) in [6.45, 7) is 1.44. The van der Waals surface area contributed by atoms with Gasteiger partial charge in [-0.05, 0) is 36.2 Å². The van der Waals surface area contributed by atoms with Crippen molar-refractivity contribution in [3.05, 3.63) is 45.1 Å². The van der Waals surface area contributed by atoms with Gasteiger partial charge in [-0.25, -0.2) is 8.42 Å². The minimum Gasteiger partial charge on any atom is -0.480 e. The molecular formula is C20H22ClN3O7S2. The molecule has 1 aromatic carbocycles. The van der Waals surface area contributed by atoms with Crippen molar-refractivity contribution in [2.24, 2.45) is 0 Å². The SMILES string of the molecule is CCc1c(N2CC[C@H](O)C2=O)cccc1S(=O)(=O)N[C@@H](CNC(=O)c1ccc(Cl)s1)C(=O)O. The molecule has 2 aromatic rings. The van der Waals surface area contributed by atoms with Gasteiger partial charge >= 0.3 is 5.97 Å². The quantitative estimate of drug-likeness (QED) is 0.391. The number of halogens is 1. The summed E-state index contributed by atoms with van der Waals surface area (Å²) in [5.74, 6) is -2.58. The molecule has 0 radical (unpaired) electrons. The molecule has 13 heteroatoms. The van der Waals surface area contributed by atoms with Crippen molar-refractivity contribution in [1.29, 1.82) is 0 Å². The number of aliphatic hydroxyl groups excluding tert-OH is 1. The molecule has 0 spiro atoms. The van der Waals surface area contributed by atoms with Gasteiger partial charge in [-0.1, -0.05) is 24.6 Å². The van der Waals surface area contributed by atoms with Crippen LogP contribution < -0.4 is 14.9 Å². The van der Waals surface area contributed by atoms with Crippen LogP contribution in [0.4, 0.5) is 5.69 Å². The Hall–Kier alpha value is -2.51. The van der Waals surface area contributed by atoms with Crippen LogP contribution in [0, 0.1) is 0 Å². The number of carbonyl (C=O) groups excluding carboxylic acids is 2. The second kappa shape index (κ2) is 10.2. The van der Waals surface area contributed by atoms with E-state index >= 15 is 0 Å². The minimum atomic E-state index is -4.34. The molecule has 1 aromatic heterocycles. The number of benzene rings is 1. The zero-order valence-corrected chi connectivity index (χ0v) is 19.8. The number of amides is 2. The fourth-order valence-corrected chi connectivity index (χ4v) is 5.94. The third-order valence-electron chi connectivity index (χ3n) is 5.08. The second-order valence-electron chi connectivity index (χ2n) is 7.23. The Morgan fingerprint density at radius 2 is 2.03 bits per heavy atom. The highest BCUT2D eigenvalue weighted by molar-refractivity contribution is 7.89. The van der Waals surface area contributed by atoms with Gasteiger partial charge in [-0.2, -0.15) is 4.72 Å². The average molecular weight is 516 g/mol. The van der Waals surface area contributed by atoms with Crippen LogP contribution in [0.1, 0.15) is 28.6 Å². The lowest BCUT2D eigenvalue weighted by Crippen LogP contribution is -2.48. The van der Waals surface area contributed by atoms with Gasteiger partial charge in [0.2, 0.25) is 10.0 Å². The lowest BCUT2D eigenvalue weighted by molar-refractivity contribution is -0.138. The first-order valence-corrected chi connectivity index (χ1v) is 12.6. The van der Waals surface area contributed by atoms with Crippen LogP contribution in [0.15, 0.2) is 35.2 Å². The molecule has 33 heavy (non-hydrogen) atoms. The topological polar surface area (TPSA) is 153 Å². The summed E-state index contributed by atoms with van der Waals surface area (Å²) in [6, 6.07) is 5.68. The molecule has 2 heterocycles. The molecule has 0 bridgehead atoms. The summed E-state index contributed by atoms with van der Waals surface area (Å²) in [5, 5.41) is 21.7. The number of thiophene rings is 1. The molecule has 2 amide bonds. The van der Waals surface area contributed by atoms with Crippen molar-refractivity contribution < 1.29 is 33.0 Å². The Balaban J connectivity index is 1.83. The molecule has 3 rings (SSSR count). The van der Waals surface area contributed by atoms with Crippen LogP contribution in [-0.2, 0) is 26.0 Å². The summed E-state index contributed by atoms with van der Waals surface area (Å²) < 4.78 is 28.7. The fraction of sp³-hybridized carbons (Fsp3) is 0.350. The number of anilines is 1. The van der Waals surface area contributed by atoms with Gasteiger partial charge in [0.15, 0.2) is 0 Å². The van der Waals surface area contributed by atoms with Gasteiger partial charge in [-0.3, -0.25) is 14.4 Å². The van der Waals surface area contributed by atoms with Crippen molar-refractivity contribution in [2.45, 2.75) is 36.8 Å². The Morgan fingerprint density at radius 1 is 1.30 bits per heavy atom. The third kappa shape index (κ3) is 5.53. The number of nitrogens with zero attached hydrogens (tertiary/aromatic N) is 1. The van der Waals surface area contributed by atoms with Crippen LogP contribution in [-0.4, -0.2) is 61.6 Å².